The number of hydrogen-bond donors (Lipinski definition) is 11. The second-order valence-corrected chi connectivity index (χ2v) is 29.6. The number of hydrogen-bond acceptors (Lipinski definition) is 23. The summed E-state index contributed by atoms with van der Waals surface area (Å²) in [5.74, 6) is -2.21. The maximum Gasteiger partial charge on any atom is 0.472 e. The molecule has 3 aliphatic rings. The standard InChI is InChI=1S/C75H137O24P/c1-4-7-10-13-16-19-22-25-27-28-30-33-34-37-40-43-46-49-59(77)91-53-56(94-61(79)51-48-45-42-39-36-31-24-21-18-15-12-9-6-3)54-93-100(89,90)99-73-71(97-74-69(87)64(82)62(80)57(52-76)95-74)67(85)66(84)68(86)72(73)98-75-70(88)65(83)63(81)58(96-75)55-92-60(78)50-47-44-41-38-35-32-29-26-23-20-17-14-11-8-5-2/h41,44,47,50,56-58,62-76,80-88H,4-40,42-43,45-46,48-49,51-55H2,1-3H3,(H,89,90)/b44-41+,50-47+. The maximum atomic E-state index is 14.3. The highest BCUT2D eigenvalue weighted by Crippen LogP contribution is 2.49. The van der Waals surface area contributed by atoms with Crippen LogP contribution in [0.5, 0.6) is 0 Å². The summed E-state index contributed by atoms with van der Waals surface area (Å²) in [6, 6.07) is 0. The Morgan fingerprint density at radius 2 is 0.770 bits per heavy atom. The number of aliphatic hydroxyl groups excluding tert-OH is 10. The summed E-state index contributed by atoms with van der Waals surface area (Å²) in [6.07, 6.45) is 18.6. The molecule has 0 aromatic carbocycles. The summed E-state index contributed by atoms with van der Waals surface area (Å²) in [4.78, 5) is 50.9. The lowest BCUT2D eigenvalue weighted by Crippen LogP contribution is -2.69. The molecule has 2 heterocycles. The van der Waals surface area contributed by atoms with Crippen molar-refractivity contribution in [3.63, 3.8) is 0 Å². The van der Waals surface area contributed by atoms with Gasteiger partial charge >= 0.3 is 25.7 Å². The molecular weight excluding hydrogens is 1320 g/mol. The second-order valence-electron chi connectivity index (χ2n) is 28.2. The fourth-order valence-electron chi connectivity index (χ4n) is 13.0. The van der Waals surface area contributed by atoms with E-state index in [2.05, 4.69) is 20.8 Å². The number of carbonyl (C=O) groups excluding carboxylic acids is 3. The normalized spacial score (nSPS) is 27.4. The van der Waals surface area contributed by atoms with E-state index in [4.69, 9.17) is 42.2 Å². The fraction of sp³-hybridized carbons (Fsp3) is 0.907. The molecule has 1 aliphatic carbocycles. The Bertz CT molecular complexity index is 2160. The average molecular weight is 1450 g/mol. The first-order valence-corrected chi connectivity index (χ1v) is 40.7. The topological polar surface area (TPSA) is 374 Å². The Kier molecular flexibility index (Phi) is 52.0. The molecule has 3 rings (SSSR count). The van der Waals surface area contributed by atoms with Gasteiger partial charge in [0.2, 0.25) is 0 Å². The zero-order valence-electron chi connectivity index (χ0n) is 61.2. The molecule has 1 saturated carbocycles. The van der Waals surface area contributed by atoms with Crippen LogP contribution in [0.2, 0.25) is 0 Å². The first kappa shape index (κ1) is 91.6. The number of carbonyl (C=O) groups is 3. The van der Waals surface area contributed by atoms with E-state index in [-0.39, 0.29) is 12.8 Å². The van der Waals surface area contributed by atoms with E-state index >= 15 is 0 Å². The molecule has 24 nitrogen and oxygen atoms in total. The second kappa shape index (κ2) is 56.7. The number of rotatable bonds is 61. The van der Waals surface area contributed by atoms with Gasteiger partial charge in [0.05, 0.1) is 13.2 Å². The van der Waals surface area contributed by atoms with Crippen molar-refractivity contribution in [3.05, 3.63) is 24.3 Å². The molecule has 0 radical (unpaired) electrons. The molecule has 3 fully saturated rings. The molecule has 0 amide bonds. The van der Waals surface area contributed by atoms with Crippen LogP contribution in [0, 0.1) is 0 Å². The van der Waals surface area contributed by atoms with Crippen LogP contribution in [0.1, 0.15) is 303 Å². The van der Waals surface area contributed by atoms with Gasteiger partial charge in [0, 0.05) is 18.9 Å². The zero-order chi connectivity index (χ0) is 73.2. The van der Waals surface area contributed by atoms with Crippen molar-refractivity contribution in [2.75, 3.05) is 26.4 Å². The van der Waals surface area contributed by atoms with E-state index in [1.807, 2.05) is 6.08 Å². The lowest BCUT2D eigenvalue weighted by atomic mass is 9.84. The van der Waals surface area contributed by atoms with Crippen molar-refractivity contribution in [1.29, 1.82) is 0 Å². The zero-order valence-corrected chi connectivity index (χ0v) is 62.1. The number of phosphoric acid groups is 1. The first-order chi connectivity index (χ1) is 48.3. The van der Waals surface area contributed by atoms with Gasteiger partial charge in [-0.25, -0.2) is 9.36 Å². The molecule has 18 unspecified atom stereocenters. The van der Waals surface area contributed by atoms with Crippen LogP contribution in [-0.4, -0.2) is 204 Å². The number of esters is 3. The van der Waals surface area contributed by atoms with Crippen molar-refractivity contribution in [2.45, 2.75) is 407 Å². The lowest BCUT2D eigenvalue weighted by Gasteiger charge is -2.49. The molecule has 11 N–H and O–H groups in total. The molecule has 0 spiro atoms. The number of allylic oxidation sites excluding steroid dienone is 3. The van der Waals surface area contributed by atoms with Crippen molar-refractivity contribution >= 4 is 25.7 Å². The maximum absolute atomic E-state index is 14.3. The van der Waals surface area contributed by atoms with Gasteiger partial charge in [-0.05, 0) is 25.7 Å². The van der Waals surface area contributed by atoms with Crippen molar-refractivity contribution in [3.8, 4) is 0 Å². The van der Waals surface area contributed by atoms with Gasteiger partial charge in [-0.15, -0.1) is 0 Å². The Morgan fingerprint density at radius 1 is 0.410 bits per heavy atom. The molecule has 2 saturated heterocycles. The van der Waals surface area contributed by atoms with Crippen LogP contribution in [0.3, 0.4) is 0 Å². The summed E-state index contributed by atoms with van der Waals surface area (Å²) >= 11 is 0. The van der Waals surface area contributed by atoms with Crippen molar-refractivity contribution < 1.29 is 117 Å². The summed E-state index contributed by atoms with van der Waals surface area (Å²) in [5.41, 5.74) is 0. The molecule has 0 aromatic heterocycles. The fourth-order valence-corrected chi connectivity index (χ4v) is 13.9. The van der Waals surface area contributed by atoms with E-state index in [1.54, 1.807) is 6.08 Å². The highest BCUT2D eigenvalue weighted by molar-refractivity contribution is 7.47. The third-order valence-corrected chi connectivity index (χ3v) is 20.3. The molecule has 18 atom stereocenters. The lowest BCUT2D eigenvalue weighted by molar-refractivity contribution is -0.360. The SMILES string of the molecule is CCCCCCCCCCCCC/C=C/C=C/C(=O)OCC1OC(OC2C(O)C(O)C(O)C(OC3OC(CO)C(O)C(O)C3O)C2OP(=O)(O)OCC(COC(=O)CCCCCCCCCCCCCCCCCCC)OC(=O)CCCCCCCCCCCCCCC)C(O)C(O)C1O. The van der Waals surface area contributed by atoms with E-state index < -0.39 is 156 Å². The van der Waals surface area contributed by atoms with Crippen molar-refractivity contribution in [1.82, 2.24) is 0 Å². The Hall–Kier alpha value is -2.56. The van der Waals surface area contributed by atoms with Gasteiger partial charge < -0.3 is 89.1 Å². The monoisotopic (exact) mass is 1450 g/mol. The molecule has 25 heteroatoms. The third-order valence-electron chi connectivity index (χ3n) is 19.3. The Morgan fingerprint density at radius 3 is 1.18 bits per heavy atom. The van der Waals surface area contributed by atoms with E-state index in [0.29, 0.717) is 12.8 Å². The molecule has 2 aliphatic heterocycles. The van der Waals surface area contributed by atoms with E-state index in [9.17, 15) is 74.9 Å². The smallest absolute Gasteiger partial charge is 0.462 e. The predicted octanol–water partition coefficient (Wildman–Crippen LogP) is 11.3. The van der Waals surface area contributed by atoms with E-state index in [0.717, 1.165) is 89.5 Å². The third kappa shape index (κ3) is 39.2. The largest absolute Gasteiger partial charge is 0.472 e. The highest BCUT2D eigenvalue weighted by atomic mass is 31.2. The van der Waals surface area contributed by atoms with E-state index in [1.165, 1.54) is 179 Å². The average Bonchev–Trinajstić information content (AvgIpc) is 0.765. The minimum Gasteiger partial charge on any atom is -0.462 e. The van der Waals surface area contributed by atoms with Crippen LogP contribution >= 0.6 is 7.82 Å². The number of phosphoric ester groups is 1. The predicted molar refractivity (Wildman–Crippen MR) is 379 cm³/mol. The minimum atomic E-state index is -5.70. The molecule has 100 heavy (non-hydrogen) atoms. The van der Waals surface area contributed by atoms with Gasteiger partial charge in [-0.3, -0.25) is 18.6 Å². The van der Waals surface area contributed by atoms with Crippen LogP contribution < -0.4 is 0 Å². The van der Waals surface area contributed by atoms with Crippen LogP contribution in [0.4, 0.5) is 0 Å². The molecule has 0 bridgehead atoms. The van der Waals surface area contributed by atoms with Gasteiger partial charge in [0.15, 0.2) is 18.7 Å². The summed E-state index contributed by atoms with van der Waals surface area (Å²) in [7, 11) is -5.70. The number of unbranched alkanes of at least 4 members (excludes halogenated alkanes) is 39. The summed E-state index contributed by atoms with van der Waals surface area (Å²) in [6.45, 7) is 3.39. The number of ether oxygens (including phenoxy) is 7. The minimum absolute atomic E-state index is 0.0385. The number of aliphatic hydroxyl groups is 10. The Labute approximate surface area is 598 Å². The Balaban J connectivity index is 1.73. The summed E-state index contributed by atoms with van der Waals surface area (Å²) in [5, 5.41) is 110. The van der Waals surface area contributed by atoms with Gasteiger partial charge in [-0.1, -0.05) is 283 Å². The van der Waals surface area contributed by atoms with Gasteiger partial charge in [-0.2, -0.15) is 0 Å². The quantitative estimate of drug-likeness (QED) is 0.00673. The highest BCUT2D eigenvalue weighted by Gasteiger charge is 2.58. The van der Waals surface area contributed by atoms with Crippen LogP contribution in [-0.2, 0) is 61.2 Å². The molecular formula is C75H137O24P. The first-order valence-electron chi connectivity index (χ1n) is 39.2. The van der Waals surface area contributed by atoms with Crippen molar-refractivity contribution in [2.24, 2.45) is 0 Å². The van der Waals surface area contributed by atoms with Crippen LogP contribution in [0.25, 0.3) is 0 Å². The van der Waals surface area contributed by atoms with Gasteiger partial charge in [0.1, 0.15) is 98.7 Å². The molecule has 586 valence electrons. The molecule has 0 aromatic rings. The van der Waals surface area contributed by atoms with Gasteiger partial charge in [0.25, 0.3) is 0 Å². The van der Waals surface area contributed by atoms with Crippen LogP contribution in [0.15, 0.2) is 24.3 Å². The summed E-state index contributed by atoms with van der Waals surface area (Å²) < 4.78 is 64.9.